The molecule has 0 amide bonds. The molecule has 2 unspecified atom stereocenters. The van der Waals surface area contributed by atoms with Gasteiger partial charge in [-0.25, -0.2) is 4.98 Å². The number of nitrogens with two attached hydrogens (primary N) is 1. The van der Waals surface area contributed by atoms with Crippen LogP contribution in [0.1, 0.15) is 17.3 Å². The Morgan fingerprint density at radius 2 is 2.15 bits per heavy atom. The standard InChI is InChI=1S/C15H19N3S2/c16-15(12-4-2-1-3-5-12)14-8-17-11-18(14)9-13-10-19-6-7-20-13/h1-5,8,11,13,15H,6-7,9-10,16H2. The average Bonchev–Trinajstić information content (AvgIpc) is 2.96. The van der Waals surface area contributed by atoms with Gasteiger partial charge < -0.3 is 10.3 Å². The Morgan fingerprint density at radius 1 is 1.30 bits per heavy atom. The fraction of sp³-hybridized carbons (Fsp3) is 0.400. The number of imidazole rings is 1. The van der Waals surface area contributed by atoms with Gasteiger partial charge in [-0.2, -0.15) is 23.5 Å². The fourth-order valence-electron chi connectivity index (χ4n) is 2.44. The molecule has 1 aromatic heterocycles. The highest BCUT2D eigenvalue weighted by atomic mass is 32.2. The Bertz CT molecular complexity index is 535. The van der Waals surface area contributed by atoms with Gasteiger partial charge in [0, 0.05) is 29.1 Å². The van der Waals surface area contributed by atoms with Crippen molar-refractivity contribution in [1.82, 2.24) is 9.55 Å². The van der Waals surface area contributed by atoms with Crippen LogP contribution in [0.15, 0.2) is 42.9 Å². The minimum absolute atomic E-state index is 0.0973. The number of benzene rings is 1. The van der Waals surface area contributed by atoms with Crippen molar-refractivity contribution in [2.45, 2.75) is 17.8 Å². The topological polar surface area (TPSA) is 43.8 Å². The summed E-state index contributed by atoms with van der Waals surface area (Å²) in [6.07, 6.45) is 3.82. The zero-order valence-corrected chi connectivity index (χ0v) is 12.9. The van der Waals surface area contributed by atoms with E-state index in [1.807, 2.05) is 42.5 Å². The summed E-state index contributed by atoms with van der Waals surface area (Å²) in [6.45, 7) is 1.01. The maximum absolute atomic E-state index is 6.39. The summed E-state index contributed by atoms with van der Waals surface area (Å²) in [6, 6.07) is 10.1. The Morgan fingerprint density at radius 3 is 2.90 bits per heavy atom. The number of aromatic nitrogens is 2. The first-order valence-corrected chi connectivity index (χ1v) is 9.05. The highest BCUT2D eigenvalue weighted by Gasteiger charge is 2.19. The third-order valence-corrected chi connectivity index (χ3v) is 6.33. The van der Waals surface area contributed by atoms with Crippen molar-refractivity contribution in [3.63, 3.8) is 0 Å². The molecule has 3 rings (SSSR count). The van der Waals surface area contributed by atoms with Crippen LogP contribution in [0.5, 0.6) is 0 Å². The van der Waals surface area contributed by atoms with E-state index in [4.69, 9.17) is 5.73 Å². The second kappa shape index (κ2) is 6.70. The fourth-order valence-corrected chi connectivity index (χ4v) is 5.10. The Kier molecular flexibility index (Phi) is 4.70. The molecular formula is C15H19N3S2. The summed E-state index contributed by atoms with van der Waals surface area (Å²) in [5.74, 6) is 3.76. The van der Waals surface area contributed by atoms with Gasteiger partial charge in [0.15, 0.2) is 0 Å². The summed E-state index contributed by atoms with van der Waals surface area (Å²) in [4.78, 5) is 4.30. The third kappa shape index (κ3) is 3.22. The minimum Gasteiger partial charge on any atom is -0.332 e. The Hall–Kier alpha value is -0.910. The molecule has 1 aliphatic heterocycles. The molecule has 106 valence electrons. The molecule has 2 aromatic rings. The molecule has 20 heavy (non-hydrogen) atoms. The summed E-state index contributed by atoms with van der Waals surface area (Å²) in [5.41, 5.74) is 8.64. The molecule has 1 saturated heterocycles. The highest BCUT2D eigenvalue weighted by Crippen LogP contribution is 2.27. The van der Waals surface area contributed by atoms with Crippen LogP contribution in [0, 0.1) is 0 Å². The van der Waals surface area contributed by atoms with E-state index >= 15 is 0 Å². The van der Waals surface area contributed by atoms with Gasteiger partial charge in [0.05, 0.1) is 24.3 Å². The molecule has 2 atom stereocenters. The van der Waals surface area contributed by atoms with Gasteiger partial charge in [0.2, 0.25) is 0 Å². The van der Waals surface area contributed by atoms with Crippen molar-refractivity contribution in [2.24, 2.45) is 5.73 Å². The lowest BCUT2D eigenvalue weighted by Crippen LogP contribution is -2.23. The van der Waals surface area contributed by atoms with Crippen LogP contribution >= 0.6 is 23.5 Å². The SMILES string of the molecule is NC(c1ccccc1)c1cncn1CC1CSCCS1. The van der Waals surface area contributed by atoms with Crippen LogP contribution in [0.2, 0.25) is 0 Å². The quantitative estimate of drug-likeness (QED) is 0.943. The molecule has 0 aliphatic carbocycles. The van der Waals surface area contributed by atoms with Crippen molar-refractivity contribution >= 4 is 23.5 Å². The molecule has 1 aromatic carbocycles. The number of thioether (sulfide) groups is 2. The molecule has 1 fully saturated rings. The molecule has 1 aliphatic rings. The molecule has 0 saturated carbocycles. The van der Waals surface area contributed by atoms with E-state index in [1.54, 1.807) is 0 Å². The summed E-state index contributed by atoms with van der Waals surface area (Å²) in [5, 5.41) is 0.671. The van der Waals surface area contributed by atoms with Gasteiger partial charge >= 0.3 is 0 Å². The molecule has 0 radical (unpaired) electrons. The van der Waals surface area contributed by atoms with Gasteiger partial charge in [0.1, 0.15) is 0 Å². The third-order valence-electron chi connectivity index (χ3n) is 3.51. The summed E-state index contributed by atoms with van der Waals surface area (Å²) < 4.78 is 2.22. The predicted octanol–water partition coefficient (Wildman–Crippen LogP) is 2.78. The lowest BCUT2D eigenvalue weighted by molar-refractivity contribution is 0.636. The lowest BCUT2D eigenvalue weighted by Gasteiger charge is -2.23. The predicted molar refractivity (Wildman–Crippen MR) is 88.3 cm³/mol. The van der Waals surface area contributed by atoms with E-state index in [2.05, 4.69) is 33.4 Å². The van der Waals surface area contributed by atoms with Gasteiger partial charge in [-0.1, -0.05) is 30.3 Å². The second-order valence-electron chi connectivity index (χ2n) is 4.93. The van der Waals surface area contributed by atoms with E-state index in [1.165, 1.54) is 17.3 Å². The average molecular weight is 305 g/mol. The largest absolute Gasteiger partial charge is 0.332 e. The molecule has 3 nitrogen and oxygen atoms in total. The monoisotopic (exact) mass is 305 g/mol. The number of hydrogen-bond donors (Lipinski definition) is 1. The number of rotatable bonds is 4. The molecule has 2 heterocycles. The smallest absolute Gasteiger partial charge is 0.0949 e. The summed E-state index contributed by atoms with van der Waals surface area (Å²) in [7, 11) is 0. The van der Waals surface area contributed by atoms with Crippen LogP contribution in [-0.2, 0) is 6.54 Å². The number of hydrogen-bond acceptors (Lipinski definition) is 4. The van der Waals surface area contributed by atoms with E-state index in [0.717, 1.165) is 17.8 Å². The maximum atomic E-state index is 6.39. The molecule has 2 N–H and O–H groups in total. The first-order chi connectivity index (χ1) is 9.84. The van der Waals surface area contributed by atoms with Crippen LogP contribution in [-0.4, -0.2) is 32.1 Å². The molecule has 0 spiro atoms. The van der Waals surface area contributed by atoms with Gasteiger partial charge in [-0.05, 0) is 5.56 Å². The first-order valence-electron chi connectivity index (χ1n) is 6.84. The van der Waals surface area contributed by atoms with E-state index in [0.29, 0.717) is 5.25 Å². The minimum atomic E-state index is -0.0973. The molecular weight excluding hydrogens is 286 g/mol. The van der Waals surface area contributed by atoms with Crippen molar-refractivity contribution < 1.29 is 0 Å². The zero-order valence-electron chi connectivity index (χ0n) is 11.3. The van der Waals surface area contributed by atoms with Crippen molar-refractivity contribution in [3.8, 4) is 0 Å². The van der Waals surface area contributed by atoms with Crippen molar-refractivity contribution in [3.05, 3.63) is 54.1 Å². The second-order valence-corrected chi connectivity index (χ2v) is 7.49. The van der Waals surface area contributed by atoms with Crippen molar-refractivity contribution in [2.75, 3.05) is 17.3 Å². The van der Waals surface area contributed by atoms with Gasteiger partial charge in [0.25, 0.3) is 0 Å². The Labute approximate surface area is 128 Å². The first kappa shape index (κ1) is 14.0. The van der Waals surface area contributed by atoms with Crippen molar-refractivity contribution in [1.29, 1.82) is 0 Å². The lowest BCUT2D eigenvalue weighted by atomic mass is 10.1. The van der Waals surface area contributed by atoms with Gasteiger partial charge in [-0.3, -0.25) is 0 Å². The van der Waals surface area contributed by atoms with Gasteiger partial charge in [-0.15, -0.1) is 0 Å². The summed E-state index contributed by atoms with van der Waals surface area (Å²) >= 11 is 4.12. The highest BCUT2D eigenvalue weighted by molar-refractivity contribution is 8.06. The van der Waals surface area contributed by atoms with Crippen LogP contribution in [0.4, 0.5) is 0 Å². The van der Waals surface area contributed by atoms with Crippen LogP contribution in [0.25, 0.3) is 0 Å². The number of nitrogens with zero attached hydrogens (tertiary/aromatic N) is 2. The normalized spacial score (nSPS) is 20.8. The Balaban J connectivity index is 1.75. The van der Waals surface area contributed by atoms with Crippen LogP contribution in [0.3, 0.4) is 0 Å². The van der Waals surface area contributed by atoms with E-state index in [-0.39, 0.29) is 6.04 Å². The van der Waals surface area contributed by atoms with E-state index in [9.17, 15) is 0 Å². The zero-order chi connectivity index (χ0) is 13.8. The van der Waals surface area contributed by atoms with E-state index < -0.39 is 0 Å². The molecule has 5 heteroatoms. The maximum Gasteiger partial charge on any atom is 0.0949 e. The molecule has 0 bridgehead atoms. The van der Waals surface area contributed by atoms with Crippen LogP contribution < -0.4 is 5.73 Å².